The zero-order valence-corrected chi connectivity index (χ0v) is 21.4. The molecule has 5 rings (SSSR count). The molecule has 2 unspecified atom stereocenters. The first-order valence-corrected chi connectivity index (χ1v) is 13.3. The van der Waals surface area contributed by atoms with Crippen LogP contribution in [-0.4, -0.2) is 35.3 Å². The molecule has 1 aliphatic carbocycles. The summed E-state index contributed by atoms with van der Waals surface area (Å²) in [6, 6.07) is 21.1. The quantitative estimate of drug-likeness (QED) is 0.259. The minimum Gasteiger partial charge on any atom is -0.381 e. The second kappa shape index (κ2) is 11.1. The molecule has 1 fully saturated rings. The Kier molecular flexibility index (Phi) is 7.62. The summed E-state index contributed by atoms with van der Waals surface area (Å²) in [5.74, 6) is 0.707. The summed E-state index contributed by atoms with van der Waals surface area (Å²) in [6.07, 6.45) is -0.714. The molecule has 0 aliphatic heterocycles. The van der Waals surface area contributed by atoms with E-state index in [0.29, 0.717) is 22.1 Å². The van der Waals surface area contributed by atoms with Crippen LogP contribution in [0.15, 0.2) is 67.0 Å². The van der Waals surface area contributed by atoms with Gasteiger partial charge in [-0.05, 0) is 48.6 Å². The molecule has 2 atom stereocenters. The molecule has 194 valence electrons. The molecular weight excluding hydrogens is 495 g/mol. The van der Waals surface area contributed by atoms with E-state index in [4.69, 9.17) is 0 Å². The molecule has 4 aromatic rings. The van der Waals surface area contributed by atoms with Crippen molar-refractivity contribution in [1.29, 1.82) is 0 Å². The fourth-order valence-electron chi connectivity index (χ4n) is 4.93. The fraction of sp³-hybridized carbons (Fsp3) is 0.357. The predicted molar refractivity (Wildman–Crippen MR) is 144 cm³/mol. The van der Waals surface area contributed by atoms with Crippen LogP contribution in [0, 0.1) is 0 Å². The molecule has 1 aliphatic rings. The van der Waals surface area contributed by atoms with Gasteiger partial charge in [0, 0.05) is 42.8 Å². The highest BCUT2D eigenvalue weighted by Gasteiger charge is 2.31. The van der Waals surface area contributed by atoms with E-state index >= 15 is 0 Å². The number of thiophene rings is 1. The number of nitrogens with one attached hydrogen (secondary N) is 2. The van der Waals surface area contributed by atoms with Gasteiger partial charge in [-0.25, -0.2) is 9.97 Å². The van der Waals surface area contributed by atoms with Gasteiger partial charge in [-0.2, -0.15) is 13.2 Å². The van der Waals surface area contributed by atoms with Crippen LogP contribution in [0.5, 0.6) is 0 Å². The van der Waals surface area contributed by atoms with Crippen LogP contribution in [-0.2, 0) is 19.5 Å². The maximum absolute atomic E-state index is 12.9. The number of benzene rings is 2. The molecule has 2 aromatic carbocycles. The van der Waals surface area contributed by atoms with E-state index in [1.807, 2.05) is 25.2 Å². The van der Waals surface area contributed by atoms with Crippen molar-refractivity contribution in [2.24, 2.45) is 0 Å². The number of hydrogen-bond acceptors (Lipinski definition) is 6. The third-order valence-electron chi connectivity index (χ3n) is 6.91. The molecule has 0 spiro atoms. The van der Waals surface area contributed by atoms with Crippen LogP contribution in [0.25, 0.3) is 10.2 Å². The van der Waals surface area contributed by atoms with E-state index in [2.05, 4.69) is 61.9 Å². The Labute approximate surface area is 218 Å². The second-order valence-corrected chi connectivity index (χ2v) is 10.7. The highest BCUT2D eigenvalue weighted by atomic mass is 32.1. The summed E-state index contributed by atoms with van der Waals surface area (Å²) in [5, 5.41) is 7.83. The Hall–Kier alpha value is -3.17. The molecule has 0 radical (unpaired) electrons. The van der Waals surface area contributed by atoms with Crippen molar-refractivity contribution in [2.45, 2.75) is 57.0 Å². The summed E-state index contributed by atoms with van der Waals surface area (Å²) in [5.41, 5.74) is 3.57. The number of nitrogens with zero attached hydrogens (tertiary/aromatic N) is 3. The first kappa shape index (κ1) is 25.5. The van der Waals surface area contributed by atoms with Crippen molar-refractivity contribution in [2.75, 3.05) is 17.3 Å². The summed E-state index contributed by atoms with van der Waals surface area (Å²) >= 11 is 1.09. The van der Waals surface area contributed by atoms with E-state index in [-0.39, 0.29) is 10.9 Å². The third-order valence-corrected chi connectivity index (χ3v) is 7.95. The van der Waals surface area contributed by atoms with Crippen LogP contribution in [0.3, 0.4) is 0 Å². The van der Waals surface area contributed by atoms with Gasteiger partial charge in [-0.15, -0.1) is 11.3 Å². The van der Waals surface area contributed by atoms with Crippen LogP contribution in [0.1, 0.15) is 35.3 Å². The largest absolute Gasteiger partial charge is 0.393 e. The number of fused-ring (bicyclic) bond motifs is 1. The predicted octanol–water partition coefficient (Wildman–Crippen LogP) is 6.56. The number of aromatic nitrogens is 2. The van der Waals surface area contributed by atoms with Gasteiger partial charge >= 0.3 is 6.18 Å². The Morgan fingerprint density at radius 3 is 2.49 bits per heavy atom. The van der Waals surface area contributed by atoms with E-state index in [0.717, 1.165) is 49.4 Å². The molecule has 2 aromatic heterocycles. The van der Waals surface area contributed by atoms with Gasteiger partial charge < -0.3 is 15.5 Å². The van der Waals surface area contributed by atoms with Gasteiger partial charge in [0.15, 0.2) is 0 Å². The average Bonchev–Trinajstić information content (AvgIpc) is 3.52. The topological polar surface area (TPSA) is 53.1 Å². The smallest absolute Gasteiger partial charge is 0.381 e. The number of hydrogen-bond donors (Lipinski definition) is 2. The van der Waals surface area contributed by atoms with Crippen LogP contribution >= 0.6 is 11.3 Å². The van der Waals surface area contributed by atoms with Crippen molar-refractivity contribution in [3.63, 3.8) is 0 Å². The fourth-order valence-corrected chi connectivity index (χ4v) is 5.95. The second-order valence-electron chi connectivity index (χ2n) is 9.61. The van der Waals surface area contributed by atoms with Crippen LogP contribution in [0.2, 0.25) is 0 Å². The average molecular weight is 526 g/mol. The Balaban J connectivity index is 1.14. The molecule has 37 heavy (non-hydrogen) atoms. The number of rotatable bonds is 9. The summed E-state index contributed by atoms with van der Waals surface area (Å²) in [7, 11) is 1.98. The molecule has 2 heterocycles. The minimum absolute atomic E-state index is 0.268. The summed E-state index contributed by atoms with van der Waals surface area (Å²) < 4.78 is 38.6. The lowest BCUT2D eigenvalue weighted by Crippen LogP contribution is -2.33. The molecule has 2 N–H and O–H groups in total. The SMILES string of the molecule is CN(c1ncnc2sc(CC(F)(F)F)cc12)C1CCC(NCc2ccc(NCc3ccccc3)cc2)C1. The third kappa shape index (κ3) is 6.59. The summed E-state index contributed by atoms with van der Waals surface area (Å²) in [6.45, 7) is 1.59. The van der Waals surface area contributed by atoms with Crippen molar-refractivity contribution in [3.8, 4) is 0 Å². The monoisotopic (exact) mass is 525 g/mol. The van der Waals surface area contributed by atoms with Crippen LogP contribution < -0.4 is 15.5 Å². The van der Waals surface area contributed by atoms with Crippen molar-refractivity contribution in [1.82, 2.24) is 15.3 Å². The lowest BCUT2D eigenvalue weighted by Gasteiger charge is -2.26. The molecule has 0 bridgehead atoms. The zero-order chi connectivity index (χ0) is 25.8. The van der Waals surface area contributed by atoms with Crippen molar-refractivity contribution in [3.05, 3.63) is 83.0 Å². The molecule has 5 nitrogen and oxygen atoms in total. The van der Waals surface area contributed by atoms with Gasteiger partial charge in [0.1, 0.15) is 17.0 Å². The molecule has 0 amide bonds. The highest BCUT2D eigenvalue weighted by Crippen LogP contribution is 2.35. The molecule has 9 heteroatoms. The zero-order valence-electron chi connectivity index (χ0n) is 20.6. The van der Waals surface area contributed by atoms with Crippen molar-refractivity contribution >= 4 is 33.1 Å². The van der Waals surface area contributed by atoms with Gasteiger partial charge in [-0.1, -0.05) is 42.5 Å². The standard InChI is InChI=1S/C28H30F3N5S/c1-36(26-25-14-24(15-28(29,30)31)37-27(25)35-18-34-26)23-12-11-22(13-23)33-17-20-7-9-21(10-8-20)32-16-19-5-3-2-4-6-19/h2-10,14,18,22-23,32-33H,11-13,15-17H2,1H3. The first-order valence-electron chi connectivity index (χ1n) is 12.5. The van der Waals surface area contributed by atoms with E-state index < -0.39 is 12.6 Å². The van der Waals surface area contributed by atoms with Crippen molar-refractivity contribution < 1.29 is 13.2 Å². The normalized spacial score (nSPS) is 17.8. The maximum Gasteiger partial charge on any atom is 0.393 e. The Bertz CT molecular complexity index is 1310. The molecular formula is C28H30F3N5S. The van der Waals surface area contributed by atoms with E-state index in [1.165, 1.54) is 17.5 Å². The Morgan fingerprint density at radius 2 is 1.73 bits per heavy atom. The lowest BCUT2D eigenvalue weighted by atomic mass is 10.1. The molecule has 1 saturated carbocycles. The van der Waals surface area contributed by atoms with E-state index in [1.54, 1.807) is 6.07 Å². The first-order chi connectivity index (χ1) is 17.8. The van der Waals surface area contributed by atoms with Gasteiger partial charge in [-0.3, -0.25) is 0 Å². The Morgan fingerprint density at radius 1 is 0.973 bits per heavy atom. The lowest BCUT2D eigenvalue weighted by molar-refractivity contribution is -0.126. The number of alkyl halides is 3. The highest BCUT2D eigenvalue weighted by molar-refractivity contribution is 7.18. The minimum atomic E-state index is -4.23. The van der Waals surface area contributed by atoms with Crippen LogP contribution in [0.4, 0.5) is 24.7 Å². The summed E-state index contributed by atoms with van der Waals surface area (Å²) in [4.78, 5) is 11.6. The van der Waals surface area contributed by atoms with Gasteiger partial charge in [0.05, 0.1) is 11.8 Å². The maximum atomic E-state index is 12.9. The number of anilines is 2. The molecule has 0 saturated heterocycles. The van der Waals surface area contributed by atoms with E-state index in [9.17, 15) is 13.2 Å². The number of halogens is 3. The van der Waals surface area contributed by atoms with Gasteiger partial charge in [0.2, 0.25) is 0 Å². The van der Waals surface area contributed by atoms with Gasteiger partial charge in [0.25, 0.3) is 0 Å².